The third-order valence-corrected chi connectivity index (χ3v) is 6.91. The molecule has 30 heavy (non-hydrogen) atoms. The molecule has 3 rings (SSSR count). The van der Waals surface area contributed by atoms with Crippen molar-refractivity contribution in [2.24, 2.45) is 0 Å². The van der Waals surface area contributed by atoms with Crippen LogP contribution < -0.4 is 9.62 Å². The molecule has 1 aliphatic carbocycles. The lowest BCUT2D eigenvalue weighted by Crippen LogP contribution is -2.48. The first-order valence-corrected chi connectivity index (χ1v) is 12.2. The lowest BCUT2D eigenvalue weighted by atomic mass is 9.88. The number of fused-ring (bicyclic) bond motifs is 1. The van der Waals surface area contributed by atoms with Gasteiger partial charge in [-0.05, 0) is 80.0 Å². The van der Waals surface area contributed by atoms with Gasteiger partial charge in [0.25, 0.3) is 0 Å². The summed E-state index contributed by atoms with van der Waals surface area (Å²) in [5.74, 6) is -0.864. The fraction of sp³-hybridized carbons (Fsp3) is 0.435. The number of benzene rings is 2. The maximum atomic E-state index is 13.3. The van der Waals surface area contributed by atoms with Gasteiger partial charge in [-0.1, -0.05) is 25.1 Å². The summed E-state index contributed by atoms with van der Waals surface area (Å²) in [5.41, 5.74) is 4.00. The number of sulfonamides is 1. The number of hydrogen-bond donors (Lipinski definition) is 1. The minimum absolute atomic E-state index is 0.207. The maximum Gasteiger partial charge on any atom is 0.244 e. The van der Waals surface area contributed by atoms with Gasteiger partial charge in [0.2, 0.25) is 15.9 Å². The van der Waals surface area contributed by atoms with Crippen LogP contribution in [0.3, 0.4) is 0 Å². The van der Waals surface area contributed by atoms with Gasteiger partial charge in [0, 0.05) is 0 Å². The second-order valence-electron chi connectivity index (χ2n) is 7.92. The topological polar surface area (TPSA) is 66.5 Å². The Balaban J connectivity index is 1.82. The average Bonchev–Trinajstić information content (AvgIpc) is 2.72. The Kier molecular flexibility index (Phi) is 6.81. The summed E-state index contributed by atoms with van der Waals surface area (Å²) in [6, 6.07) is 10.3. The van der Waals surface area contributed by atoms with Crippen LogP contribution in [0, 0.1) is 5.82 Å². The van der Waals surface area contributed by atoms with E-state index in [0.29, 0.717) is 6.42 Å². The number of nitrogens with one attached hydrogen (secondary N) is 1. The molecule has 0 fully saturated rings. The van der Waals surface area contributed by atoms with Gasteiger partial charge >= 0.3 is 0 Å². The molecule has 162 valence electrons. The standard InChI is InChI=1S/C23H29FN2O3S/c1-4-22(19-10-9-17-7-5-6-8-18(17)15-19)25-23(27)16(2)26(30(3,28)29)21-13-11-20(24)12-14-21/h9-16,22H,4-8H2,1-3H3,(H,25,27)/t16-,22-/m0/s1. The van der Waals surface area contributed by atoms with E-state index in [1.54, 1.807) is 6.92 Å². The number of amides is 1. The molecule has 0 radical (unpaired) electrons. The fourth-order valence-corrected chi connectivity index (χ4v) is 5.26. The predicted octanol–water partition coefficient (Wildman–Crippen LogP) is 4.13. The number of anilines is 1. The quantitative estimate of drug-likeness (QED) is 0.716. The van der Waals surface area contributed by atoms with Crippen molar-refractivity contribution < 1.29 is 17.6 Å². The highest BCUT2D eigenvalue weighted by atomic mass is 32.2. The third kappa shape index (κ3) is 5.01. The fourth-order valence-electron chi connectivity index (χ4n) is 4.08. The van der Waals surface area contributed by atoms with Crippen LogP contribution in [0.1, 0.15) is 55.8 Å². The van der Waals surface area contributed by atoms with E-state index in [0.717, 1.165) is 29.0 Å². The van der Waals surface area contributed by atoms with E-state index in [2.05, 4.69) is 23.5 Å². The van der Waals surface area contributed by atoms with Crippen molar-refractivity contribution in [2.75, 3.05) is 10.6 Å². The van der Waals surface area contributed by atoms with Gasteiger partial charge in [0.15, 0.2) is 0 Å². The van der Waals surface area contributed by atoms with Crippen LogP contribution >= 0.6 is 0 Å². The van der Waals surface area contributed by atoms with Gasteiger partial charge < -0.3 is 5.32 Å². The highest BCUT2D eigenvalue weighted by Gasteiger charge is 2.30. The molecule has 2 aromatic rings. The van der Waals surface area contributed by atoms with E-state index in [-0.39, 0.29) is 11.7 Å². The van der Waals surface area contributed by atoms with E-state index >= 15 is 0 Å². The zero-order valence-corrected chi connectivity index (χ0v) is 18.5. The van der Waals surface area contributed by atoms with Crippen LogP contribution in [-0.4, -0.2) is 26.6 Å². The molecule has 0 saturated carbocycles. The van der Waals surface area contributed by atoms with Crippen molar-refractivity contribution >= 4 is 21.6 Å². The van der Waals surface area contributed by atoms with Gasteiger partial charge in [-0.25, -0.2) is 12.8 Å². The molecule has 0 unspecified atom stereocenters. The van der Waals surface area contributed by atoms with Crippen molar-refractivity contribution in [1.29, 1.82) is 0 Å². The van der Waals surface area contributed by atoms with Gasteiger partial charge in [-0.2, -0.15) is 0 Å². The molecule has 5 nitrogen and oxygen atoms in total. The van der Waals surface area contributed by atoms with Crippen LogP contribution in [0.2, 0.25) is 0 Å². The zero-order valence-electron chi connectivity index (χ0n) is 17.7. The second kappa shape index (κ2) is 9.16. The highest BCUT2D eigenvalue weighted by Crippen LogP contribution is 2.27. The number of carbonyl (C=O) groups excluding carboxylic acids is 1. The number of rotatable bonds is 7. The molecule has 7 heteroatoms. The van der Waals surface area contributed by atoms with E-state index in [4.69, 9.17) is 0 Å². The maximum absolute atomic E-state index is 13.3. The monoisotopic (exact) mass is 432 g/mol. The first-order chi connectivity index (χ1) is 14.2. The highest BCUT2D eigenvalue weighted by molar-refractivity contribution is 7.92. The molecule has 0 spiro atoms. The van der Waals surface area contributed by atoms with E-state index in [9.17, 15) is 17.6 Å². The summed E-state index contributed by atoms with van der Waals surface area (Å²) >= 11 is 0. The number of aryl methyl sites for hydroxylation is 2. The molecule has 0 aliphatic heterocycles. The molecular weight excluding hydrogens is 403 g/mol. The molecule has 1 N–H and O–H groups in total. The van der Waals surface area contributed by atoms with Crippen LogP contribution in [0.15, 0.2) is 42.5 Å². The van der Waals surface area contributed by atoms with Crippen molar-refractivity contribution in [3.05, 3.63) is 65.0 Å². The van der Waals surface area contributed by atoms with Crippen molar-refractivity contribution in [3.63, 3.8) is 0 Å². The summed E-state index contributed by atoms with van der Waals surface area (Å²) in [6.45, 7) is 3.53. The smallest absolute Gasteiger partial charge is 0.244 e. The first kappa shape index (κ1) is 22.3. The number of halogens is 1. The van der Waals surface area contributed by atoms with Gasteiger partial charge in [0.1, 0.15) is 11.9 Å². The van der Waals surface area contributed by atoms with Crippen LogP contribution in [0.4, 0.5) is 10.1 Å². The van der Waals surface area contributed by atoms with E-state index < -0.39 is 27.8 Å². The van der Waals surface area contributed by atoms with Crippen LogP contribution in [0.5, 0.6) is 0 Å². The summed E-state index contributed by atoms with van der Waals surface area (Å²) < 4.78 is 39.1. The summed E-state index contributed by atoms with van der Waals surface area (Å²) in [5, 5.41) is 3.00. The zero-order chi connectivity index (χ0) is 21.9. The Hall–Kier alpha value is -2.41. The lowest BCUT2D eigenvalue weighted by Gasteiger charge is -2.30. The largest absolute Gasteiger partial charge is 0.347 e. The molecule has 2 atom stereocenters. The SMILES string of the molecule is CC[C@H](NC(=O)[C@H](C)N(c1ccc(F)cc1)S(C)(=O)=O)c1ccc2c(c1)CCCC2. The Bertz CT molecular complexity index is 1010. The molecule has 0 aromatic heterocycles. The Morgan fingerprint density at radius 2 is 1.73 bits per heavy atom. The Morgan fingerprint density at radius 3 is 2.33 bits per heavy atom. The summed E-state index contributed by atoms with van der Waals surface area (Å²) in [7, 11) is -3.74. The molecule has 1 aliphatic rings. The molecule has 0 saturated heterocycles. The van der Waals surface area contributed by atoms with Crippen LogP contribution in [-0.2, 0) is 27.7 Å². The van der Waals surface area contributed by atoms with Gasteiger partial charge in [-0.15, -0.1) is 0 Å². The molecule has 0 heterocycles. The summed E-state index contributed by atoms with van der Waals surface area (Å²) in [6.07, 6.45) is 6.26. The van der Waals surface area contributed by atoms with Crippen molar-refractivity contribution in [1.82, 2.24) is 5.32 Å². The minimum Gasteiger partial charge on any atom is -0.347 e. The third-order valence-electron chi connectivity index (χ3n) is 5.67. The first-order valence-electron chi connectivity index (χ1n) is 10.4. The molecule has 1 amide bonds. The van der Waals surface area contributed by atoms with E-state index in [1.807, 2.05) is 6.92 Å². The normalized spacial score (nSPS) is 15.7. The van der Waals surface area contributed by atoms with Crippen LogP contribution in [0.25, 0.3) is 0 Å². The number of nitrogens with zero attached hydrogens (tertiary/aromatic N) is 1. The van der Waals surface area contributed by atoms with Crippen molar-refractivity contribution in [2.45, 2.75) is 58.0 Å². The Labute approximate surface area is 178 Å². The minimum atomic E-state index is -3.74. The number of hydrogen-bond acceptors (Lipinski definition) is 3. The molecular formula is C23H29FN2O3S. The van der Waals surface area contributed by atoms with Crippen molar-refractivity contribution in [3.8, 4) is 0 Å². The summed E-state index contributed by atoms with van der Waals surface area (Å²) in [4.78, 5) is 13.0. The van der Waals surface area contributed by atoms with E-state index in [1.165, 1.54) is 48.2 Å². The predicted molar refractivity (Wildman–Crippen MR) is 117 cm³/mol. The lowest BCUT2D eigenvalue weighted by molar-refractivity contribution is -0.122. The van der Waals surface area contributed by atoms with Gasteiger partial charge in [0.05, 0.1) is 18.0 Å². The average molecular weight is 433 g/mol. The molecule has 0 bridgehead atoms. The molecule has 2 aromatic carbocycles. The Morgan fingerprint density at radius 1 is 1.10 bits per heavy atom. The number of carbonyl (C=O) groups is 1. The van der Waals surface area contributed by atoms with Gasteiger partial charge in [-0.3, -0.25) is 9.10 Å². The second-order valence-corrected chi connectivity index (χ2v) is 9.78.